The van der Waals surface area contributed by atoms with Crippen molar-refractivity contribution in [1.82, 2.24) is 3.97 Å². The van der Waals surface area contributed by atoms with Crippen LogP contribution in [0.15, 0.2) is 10.2 Å². The highest BCUT2D eigenvalue weighted by atomic mass is 32.2. The van der Waals surface area contributed by atoms with Crippen LogP contribution in [-0.4, -0.2) is 13.8 Å². The Morgan fingerprint density at radius 1 is 1.38 bits per heavy atom. The fourth-order valence-electron chi connectivity index (χ4n) is 1.93. The minimum Gasteiger partial charge on any atom is -0.493 e. The van der Waals surface area contributed by atoms with Crippen molar-refractivity contribution in [3.63, 3.8) is 0 Å². The molecular weight excluding hydrogens is 242 g/mol. The van der Waals surface area contributed by atoms with E-state index in [9.17, 15) is 9.90 Å². The predicted octanol–water partition coefficient (Wildman–Crippen LogP) is 3.33. The summed E-state index contributed by atoms with van der Waals surface area (Å²) in [5, 5.41) is 11.0. The molecule has 5 heteroatoms. The Bertz CT molecular complexity index is 412. The van der Waals surface area contributed by atoms with Crippen LogP contribution < -0.4 is 4.87 Å². The van der Waals surface area contributed by atoms with Crippen LogP contribution in [0.4, 0.5) is 0 Å². The number of aromatic hydroxyl groups is 1. The van der Waals surface area contributed by atoms with Crippen molar-refractivity contribution in [2.45, 2.75) is 45.8 Å². The molecule has 0 spiro atoms. The van der Waals surface area contributed by atoms with Gasteiger partial charge in [0.25, 0.3) is 0 Å². The molecule has 0 aliphatic heterocycles. The molecule has 1 aromatic rings. The van der Waals surface area contributed by atoms with E-state index in [1.54, 1.807) is 0 Å². The summed E-state index contributed by atoms with van der Waals surface area (Å²) in [4.78, 5) is 11.4. The molecule has 0 saturated heterocycles. The molecule has 0 fully saturated rings. The lowest BCUT2D eigenvalue weighted by Gasteiger charge is -2.31. The topological polar surface area (TPSA) is 42.2 Å². The molecule has 16 heavy (non-hydrogen) atoms. The maximum Gasteiger partial charge on any atom is 0.320 e. The number of nitrogens with zero attached hydrogens (tertiary/aromatic N) is 1. The van der Waals surface area contributed by atoms with Crippen molar-refractivity contribution in [2.24, 2.45) is 5.41 Å². The lowest BCUT2D eigenvalue weighted by Crippen LogP contribution is -2.26. The van der Waals surface area contributed by atoms with Gasteiger partial charge in [-0.05, 0) is 37.6 Å². The molecule has 0 aliphatic rings. The average molecular weight is 261 g/mol. The number of hydrogen-bond acceptors (Lipinski definition) is 4. The van der Waals surface area contributed by atoms with Crippen LogP contribution in [0, 0.1) is 5.41 Å². The Balaban J connectivity index is 2.85. The van der Waals surface area contributed by atoms with E-state index >= 15 is 0 Å². The van der Waals surface area contributed by atoms with Gasteiger partial charge >= 0.3 is 4.87 Å². The molecule has 0 aliphatic carbocycles. The Morgan fingerprint density at radius 3 is 2.31 bits per heavy atom. The summed E-state index contributed by atoms with van der Waals surface area (Å²) in [6.07, 6.45) is 0.965. The monoisotopic (exact) mass is 261 g/mol. The van der Waals surface area contributed by atoms with Crippen LogP contribution in [-0.2, 0) is 0 Å². The first kappa shape index (κ1) is 13.6. The number of aromatic nitrogens is 1. The lowest BCUT2D eigenvalue weighted by molar-refractivity contribution is 0.338. The zero-order valence-electron chi connectivity index (χ0n) is 10.4. The van der Waals surface area contributed by atoms with Crippen LogP contribution in [0.1, 0.15) is 41.0 Å². The summed E-state index contributed by atoms with van der Waals surface area (Å²) < 4.78 is 1.29. The first-order valence-corrected chi connectivity index (χ1v) is 6.85. The molecule has 1 rings (SSSR count). The lowest BCUT2D eigenvalue weighted by atomic mass is 9.86. The SMILES string of the molecule is CC(C)(C)CC(C)(C)Sn1c(O)csc1=O. The predicted molar refractivity (Wildman–Crippen MR) is 71.4 cm³/mol. The van der Waals surface area contributed by atoms with Crippen molar-refractivity contribution < 1.29 is 5.11 Å². The van der Waals surface area contributed by atoms with Gasteiger partial charge in [-0.15, -0.1) is 0 Å². The van der Waals surface area contributed by atoms with Crippen molar-refractivity contribution in [2.75, 3.05) is 0 Å². The summed E-state index contributed by atoms with van der Waals surface area (Å²) in [6.45, 7) is 10.7. The van der Waals surface area contributed by atoms with Gasteiger partial charge in [0.1, 0.15) is 0 Å². The second-order valence-electron chi connectivity index (χ2n) is 5.74. The van der Waals surface area contributed by atoms with Gasteiger partial charge in [-0.2, -0.15) is 0 Å². The third kappa shape index (κ3) is 3.87. The quantitative estimate of drug-likeness (QED) is 0.907. The smallest absolute Gasteiger partial charge is 0.320 e. The summed E-state index contributed by atoms with van der Waals surface area (Å²) >= 11 is 2.42. The van der Waals surface area contributed by atoms with Crippen LogP contribution in [0.2, 0.25) is 0 Å². The van der Waals surface area contributed by atoms with Gasteiger partial charge < -0.3 is 5.11 Å². The van der Waals surface area contributed by atoms with E-state index in [0.29, 0.717) is 0 Å². The second-order valence-corrected chi connectivity index (χ2v) is 8.22. The normalized spacial score (nSPS) is 13.1. The molecule has 0 aromatic carbocycles. The molecule has 1 heterocycles. The first-order chi connectivity index (χ1) is 7.11. The molecule has 0 amide bonds. The molecule has 1 aromatic heterocycles. The third-order valence-electron chi connectivity index (χ3n) is 1.93. The van der Waals surface area contributed by atoms with Gasteiger partial charge in [0, 0.05) is 4.75 Å². The second kappa shape index (κ2) is 4.45. The first-order valence-electron chi connectivity index (χ1n) is 5.20. The number of rotatable bonds is 3. The minimum atomic E-state index is -0.121. The number of thiazole rings is 1. The van der Waals surface area contributed by atoms with Crippen LogP contribution >= 0.6 is 23.3 Å². The van der Waals surface area contributed by atoms with E-state index < -0.39 is 0 Å². The van der Waals surface area contributed by atoms with E-state index in [1.165, 1.54) is 21.3 Å². The fourth-order valence-corrected chi connectivity index (χ4v) is 3.95. The molecule has 0 radical (unpaired) electrons. The maximum absolute atomic E-state index is 11.5. The van der Waals surface area contributed by atoms with Crippen molar-refractivity contribution in [1.29, 1.82) is 0 Å². The molecule has 92 valence electrons. The average Bonchev–Trinajstić information content (AvgIpc) is 2.30. The molecular formula is C11H19NO2S2. The Kier molecular flexibility index (Phi) is 3.80. The highest BCUT2D eigenvalue weighted by Gasteiger charge is 2.28. The molecule has 3 nitrogen and oxygen atoms in total. The maximum atomic E-state index is 11.5. The largest absolute Gasteiger partial charge is 0.493 e. The molecule has 0 unspecified atom stereocenters. The van der Waals surface area contributed by atoms with Crippen LogP contribution in [0.5, 0.6) is 5.88 Å². The van der Waals surface area contributed by atoms with Gasteiger partial charge in [0.2, 0.25) is 5.88 Å². The fraction of sp³-hybridized carbons (Fsp3) is 0.727. The van der Waals surface area contributed by atoms with Gasteiger partial charge in [-0.25, -0.2) is 3.97 Å². The Labute approximate surface area is 105 Å². The van der Waals surface area contributed by atoms with E-state index in [4.69, 9.17) is 0 Å². The van der Waals surface area contributed by atoms with E-state index in [-0.39, 0.29) is 20.9 Å². The molecule has 0 saturated carbocycles. The summed E-state index contributed by atoms with van der Waals surface area (Å²) in [6, 6.07) is 0. The number of hydrogen-bond donors (Lipinski definition) is 1. The Hall–Kier alpha value is -0.420. The van der Waals surface area contributed by atoms with Gasteiger partial charge in [-0.3, -0.25) is 4.79 Å². The molecule has 0 bridgehead atoms. The van der Waals surface area contributed by atoms with Crippen LogP contribution in [0.3, 0.4) is 0 Å². The van der Waals surface area contributed by atoms with E-state index in [2.05, 4.69) is 34.6 Å². The van der Waals surface area contributed by atoms with E-state index in [1.807, 2.05) is 0 Å². The summed E-state index contributed by atoms with van der Waals surface area (Å²) in [5.74, 6) is 0.0435. The highest BCUT2D eigenvalue weighted by molar-refractivity contribution is 7.99. The highest BCUT2D eigenvalue weighted by Crippen LogP contribution is 2.38. The summed E-state index contributed by atoms with van der Waals surface area (Å²) in [7, 11) is 0. The van der Waals surface area contributed by atoms with Gasteiger partial charge in [-0.1, -0.05) is 32.1 Å². The van der Waals surface area contributed by atoms with Crippen molar-refractivity contribution >= 4 is 23.3 Å². The van der Waals surface area contributed by atoms with Gasteiger partial charge in [0.05, 0.1) is 5.38 Å². The van der Waals surface area contributed by atoms with Gasteiger partial charge in [0.15, 0.2) is 0 Å². The van der Waals surface area contributed by atoms with E-state index in [0.717, 1.165) is 17.8 Å². The minimum absolute atomic E-state index is 0.0435. The Morgan fingerprint density at radius 2 is 1.94 bits per heavy atom. The summed E-state index contributed by atoms with van der Waals surface area (Å²) in [5.41, 5.74) is 0.200. The zero-order chi connectivity index (χ0) is 12.6. The van der Waals surface area contributed by atoms with Crippen LogP contribution in [0.25, 0.3) is 0 Å². The molecule has 0 atom stereocenters. The third-order valence-corrected chi connectivity index (χ3v) is 3.94. The molecule has 1 N–H and O–H groups in total. The van der Waals surface area contributed by atoms with Crippen molar-refractivity contribution in [3.8, 4) is 5.88 Å². The zero-order valence-corrected chi connectivity index (χ0v) is 12.0. The van der Waals surface area contributed by atoms with Crippen molar-refractivity contribution in [3.05, 3.63) is 15.0 Å². The standard InChI is InChI=1S/C11H19NO2S2/c1-10(2,3)7-11(4,5)16-12-8(13)6-15-9(12)14/h6,13H,7H2,1-5H3.